The largest absolute Gasteiger partial charge is 0.294 e. The molecule has 0 amide bonds. The Morgan fingerprint density at radius 1 is 0.263 bits per heavy atom. The molecule has 13 atom stereocenters. The predicted molar refractivity (Wildman–Crippen MR) is 247 cm³/mol. The number of hydrogen-bond donors (Lipinski definition) is 0. The average Bonchev–Trinajstić information content (AvgIpc) is 3.86. The van der Waals surface area contributed by atoms with Gasteiger partial charge in [-0.15, -0.1) is 0 Å². The quantitative estimate of drug-likeness (QED) is 0.252. The molecule has 3 heteroatoms. The maximum atomic E-state index is 3.43. The maximum Gasteiger partial charge on any atom is 0.0123 e. The summed E-state index contributed by atoms with van der Waals surface area (Å²) in [5.41, 5.74) is 0. The zero-order valence-electron chi connectivity index (χ0n) is 37.0. The molecule has 9 saturated carbocycles. The Kier molecular flexibility index (Phi) is 13.1. The fraction of sp³-hybridized carbons (Fsp3) is 1.00. The van der Waals surface area contributed by atoms with Crippen LogP contribution < -0.4 is 0 Å². The Labute approximate surface area is 361 Å². The molecule has 9 aliphatic carbocycles. The third-order valence-corrected chi connectivity index (χ3v) is 25.3. The van der Waals surface area contributed by atoms with Gasteiger partial charge in [0.05, 0.1) is 0 Å². The zero-order valence-corrected chi connectivity index (χ0v) is 38.6. The molecule has 0 N–H and O–H groups in total. The summed E-state index contributed by atoms with van der Waals surface area (Å²) in [4.78, 5) is 3.43. The molecule has 2 aliphatic heterocycles. The minimum absolute atomic E-state index is 0.916. The van der Waals surface area contributed by atoms with E-state index in [2.05, 4.69) is 28.4 Å². The van der Waals surface area contributed by atoms with Gasteiger partial charge >= 0.3 is 0 Å². The number of nitrogens with zero attached hydrogens (tertiary/aromatic N) is 1. The molecule has 322 valence electrons. The minimum atomic E-state index is 0.916. The normalized spacial score (nSPS) is 50.2. The lowest BCUT2D eigenvalue weighted by Gasteiger charge is -2.52. The van der Waals surface area contributed by atoms with Crippen LogP contribution in [0.1, 0.15) is 225 Å². The zero-order chi connectivity index (χ0) is 37.7. The third kappa shape index (κ3) is 8.32. The second-order valence-corrected chi connectivity index (χ2v) is 26.8. The monoisotopic (exact) mass is 816 g/mol. The predicted octanol–water partition coefficient (Wildman–Crippen LogP) is 15.5. The van der Waals surface area contributed by atoms with Crippen LogP contribution in [0.4, 0.5) is 0 Å². The van der Waals surface area contributed by atoms with Crippen LogP contribution in [0.3, 0.4) is 0 Å². The molecule has 2 heterocycles. The highest BCUT2D eigenvalue weighted by molar-refractivity contribution is 8.02. The van der Waals surface area contributed by atoms with E-state index in [1.54, 1.807) is 193 Å². The van der Waals surface area contributed by atoms with Crippen LogP contribution in [-0.2, 0) is 0 Å². The Morgan fingerprint density at radius 2 is 0.772 bits per heavy atom. The van der Waals surface area contributed by atoms with Crippen molar-refractivity contribution in [2.45, 2.75) is 264 Å². The van der Waals surface area contributed by atoms with E-state index >= 15 is 0 Å². The van der Waals surface area contributed by atoms with Gasteiger partial charge < -0.3 is 0 Å². The second kappa shape index (κ2) is 18.4. The van der Waals surface area contributed by atoms with Crippen LogP contribution in [-0.4, -0.2) is 44.0 Å². The average molecular weight is 816 g/mol. The van der Waals surface area contributed by atoms with Gasteiger partial charge in [-0.1, -0.05) is 116 Å². The summed E-state index contributed by atoms with van der Waals surface area (Å²) < 4.78 is 0. The van der Waals surface area contributed by atoms with Gasteiger partial charge in [-0.2, -0.15) is 23.5 Å². The molecule has 0 aromatic rings. The molecule has 2 saturated heterocycles. The summed E-state index contributed by atoms with van der Waals surface area (Å²) in [5, 5.41) is 4.17. The van der Waals surface area contributed by atoms with Crippen molar-refractivity contribution in [2.24, 2.45) is 71.0 Å². The van der Waals surface area contributed by atoms with Crippen molar-refractivity contribution < 1.29 is 0 Å². The van der Waals surface area contributed by atoms with Crippen LogP contribution in [0.2, 0.25) is 0 Å². The summed E-state index contributed by atoms with van der Waals surface area (Å²) in [6.45, 7) is 0. The minimum Gasteiger partial charge on any atom is -0.294 e. The molecule has 0 aromatic heterocycles. The number of thioether (sulfide) groups is 2. The number of fused-ring (bicyclic) bond motifs is 7. The van der Waals surface area contributed by atoms with Crippen LogP contribution in [0.15, 0.2) is 0 Å². The second-order valence-electron chi connectivity index (χ2n) is 24.0. The van der Waals surface area contributed by atoms with E-state index < -0.39 is 0 Å². The van der Waals surface area contributed by atoms with E-state index in [0.29, 0.717) is 0 Å². The van der Waals surface area contributed by atoms with Crippen molar-refractivity contribution >= 4 is 23.5 Å². The van der Waals surface area contributed by atoms with Gasteiger partial charge in [0.25, 0.3) is 0 Å². The molecule has 1 nitrogen and oxygen atoms in total. The lowest BCUT2D eigenvalue weighted by atomic mass is 9.62. The summed E-state index contributed by atoms with van der Waals surface area (Å²) in [5.74, 6) is 13.0. The fourth-order valence-corrected chi connectivity index (χ4v) is 23.7. The van der Waals surface area contributed by atoms with Crippen LogP contribution >= 0.6 is 23.5 Å². The van der Waals surface area contributed by atoms with Gasteiger partial charge in [-0.05, 0) is 180 Å². The summed E-state index contributed by atoms with van der Waals surface area (Å²) in [7, 11) is 0. The van der Waals surface area contributed by atoms with Crippen LogP contribution in [0, 0.1) is 71.0 Å². The molecule has 11 fully saturated rings. The first-order valence-corrected chi connectivity index (χ1v) is 29.2. The van der Waals surface area contributed by atoms with Crippen molar-refractivity contribution in [3.63, 3.8) is 0 Å². The highest BCUT2D eigenvalue weighted by atomic mass is 32.2. The molecular formula is C54H89NS2. The molecular weight excluding hydrogens is 727 g/mol. The summed E-state index contributed by atoms with van der Waals surface area (Å²) >= 11 is 5.21. The standard InChI is InChI=1S/C54H89NS2/c1-3-12-36(13-4-1)38-24-28-43(29-25-38)55(44-30-26-39(27-31-44)41-17-9-16-40(34-41)37-14-5-2-6-15-37)45-19-10-18-42(35-45)46-21-11-22-47-48-32-33-51-52(54(48)57-53(46)47)49-20-7-8-23-50(49)56-51/h36-54H,1-35H2. The van der Waals surface area contributed by atoms with Gasteiger partial charge in [-0.3, -0.25) is 4.90 Å². The lowest BCUT2D eigenvalue weighted by Crippen LogP contribution is -2.54. The topological polar surface area (TPSA) is 3.24 Å². The molecule has 13 unspecified atom stereocenters. The van der Waals surface area contributed by atoms with Crippen LogP contribution in [0.5, 0.6) is 0 Å². The number of rotatable bonds is 7. The fourth-order valence-electron chi connectivity index (χ4n) is 18.9. The van der Waals surface area contributed by atoms with Gasteiger partial charge in [-0.25, -0.2) is 0 Å². The van der Waals surface area contributed by atoms with E-state index in [-0.39, 0.29) is 0 Å². The van der Waals surface area contributed by atoms with Gasteiger partial charge in [0.1, 0.15) is 0 Å². The van der Waals surface area contributed by atoms with E-state index in [1.165, 1.54) is 32.1 Å². The molecule has 57 heavy (non-hydrogen) atoms. The molecule has 11 aliphatic rings. The third-order valence-electron chi connectivity index (χ3n) is 21.5. The van der Waals surface area contributed by atoms with E-state index in [9.17, 15) is 0 Å². The Morgan fingerprint density at radius 3 is 1.49 bits per heavy atom. The Balaban J connectivity index is 0.777. The van der Waals surface area contributed by atoms with Gasteiger partial charge in [0.2, 0.25) is 0 Å². The first-order valence-electron chi connectivity index (χ1n) is 27.3. The lowest BCUT2D eigenvalue weighted by molar-refractivity contribution is -0.0184. The smallest absolute Gasteiger partial charge is 0.0123 e. The highest BCUT2D eigenvalue weighted by Crippen LogP contribution is 2.66. The van der Waals surface area contributed by atoms with Crippen LogP contribution in [0.25, 0.3) is 0 Å². The molecule has 11 rings (SSSR count). The Hall–Kier alpha value is 0.660. The molecule has 0 bridgehead atoms. The van der Waals surface area contributed by atoms with Crippen molar-refractivity contribution in [3.8, 4) is 0 Å². The summed E-state index contributed by atoms with van der Waals surface area (Å²) in [6.07, 6.45) is 55.0. The summed E-state index contributed by atoms with van der Waals surface area (Å²) in [6, 6.07) is 2.75. The van der Waals surface area contributed by atoms with Gasteiger partial charge in [0.15, 0.2) is 0 Å². The Bertz CT molecular complexity index is 1270. The SMILES string of the molecule is C1CCC(C2CCC(N(C3CCC(C4CCCC(C5CCCCC5)C4)CC3)C3CCCC(C4CCCC5C6CCC7SC8CCCCC8C7C6SC45)C3)CC2)CC1. The molecule has 0 aromatic carbocycles. The maximum absolute atomic E-state index is 3.43. The van der Waals surface area contributed by atoms with Crippen molar-refractivity contribution in [2.75, 3.05) is 0 Å². The van der Waals surface area contributed by atoms with Crippen molar-refractivity contribution in [3.05, 3.63) is 0 Å². The van der Waals surface area contributed by atoms with Gasteiger partial charge in [0, 0.05) is 39.1 Å². The first kappa shape index (κ1) is 40.4. The molecule has 0 spiro atoms. The highest BCUT2D eigenvalue weighted by Gasteiger charge is 2.59. The van der Waals surface area contributed by atoms with E-state index in [1.807, 2.05) is 0 Å². The van der Waals surface area contributed by atoms with Crippen molar-refractivity contribution in [1.29, 1.82) is 0 Å². The first-order chi connectivity index (χ1) is 28.2. The van der Waals surface area contributed by atoms with E-state index in [0.717, 1.165) is 110 Å². The molecule has 0 radical (unpaired) electrons. The van der Waals surface area contributed by atoms with E-state index in [4.69, 9.17) is 0 Å². The number of hydrogen-bond acceptors (Lipinski definition) is 3. The van der Waals surface area contributed by atoms with Crippen molar-refractivity contribution in [1.82, 2.24) is 4.90 Å².